The highest BCUT2D eigenvalue weighted by Crippen LogP contribution is 2.23. The first-order valence-electron chi connectivity index (χ1n) is 6.13. The van der Waals surface area contributed by atoms with E-state index in [1.54, 1.807) is 31.2 Å². The van der Waals surface area contributed by atoms with Crippen LogP contribution in [0.2, 0.25) is 0 Å². The average molecular weight is 296 g/mol. The van der Waals surface area contributed by atoms with E-state index in [-0.39, 0.29) is 12.3 Å². The molecule has 106 valence electrons. The molecule has 0 saturated carbocycles. The van der Waals surface area contributed by atoms with Gasteiger partial charge in [-0.15, -0.1) is 16.7 Å². The van der Waals surface area contributed by atoms with Crippen LogP contribution in [0.25, 0.3) is 11.3 Å². The summed E-state index contributed by atoms with van der Waals surface area (Å²) in [6, 6.07) is 7.16. The molecule has 0 amide bonds. The minimum Gasteiger partial charge on any atom is -0.492 e. The highest BCUT2D eigenvalue weighted by molar-refractivity contribution is 6.18. The van der Waals surface area contributed by atoms with Gasteiger partial charge < -0.3 is 9.47 Å². The highest BCUT2D eigenvalue weighted by atomic mass is 35.5. The molecule has 0 fully saturated rings. The number of aromatic amines is 1. The lowest BCUT2D eigenvalue weighted by molar-refractivity contribution is 0.0520. The van der Waals surface area contributed by atoms with Crippen molar-refractivity contribution >= 4 is 17.6 Å². The van der Waals surface area contributed by atoms with Gasteiger partial charge in [0.2, 0.25) is 0 Å². The summed E-state index contributed by atoms with van der Waals surface area (Å²) in [4.78, 5) is 11.7. The maximum absolute atomic E-state index is 11.7. The quantitative estimate of drug-likeness (QED) is 0.653. The van der Waals surface area contributed by atoms with Crippen LogP contribution in [0.3, 0.4) is 0 Å². The largest absolute Gasteiger partial charge is 0.492 e. The smallest absolute Gasteiger partial charge is 0.361 e. The second kappa shape index (κ2) is 6.91. The average Bonchev–Trinajstić information content (AvgIpc) is 2.95. The number of esters is 1. The van der Waals surface area contributed by atoms with Crippen LogP contribution >= 0.6 is 11.6 Å². The molecule has 0 bridgehead atoms. The van der Waals surface area contributed by atoms with Crippen LogP contribution in [0.15, 0.2) is 24.3 Å². The van der Waals surface area contributed by atoms with Crippen LogP contribution in [0.4, 0.5) is 0 Å². The minimum atomic E-state index is -0.501. The SMILES string of the molecule is CCOC(=O)c1n[nH]nc1-c1ccc(OCCCl)cc1. The molecule has 2 aromatic rings. The fourth-order valence-electron chi connectivity index (χ4n) is 1.64. The molecule has 0 saturated heterocycles. The van der Waals surface area contributed by atoms with Crippen molar-refractivity contribution in [2.24, 2.45) is 0 Å². The van der Waals surface area contributed by atoms with Gasteiger partial charge in [0, 0.05) is 5.56 Å². The normalized spacial score (nSPS) is 10.3. The lowest BCUT2D eigenvalue weighted by Gasteiger charge is -2.05. The van der Waals surface area contributed by atoms with Crippen LogP contribution in [0, 0.1) is 0 Å². The van der Waals surface area contributed by atoms with Crippen LogP contribution in [0.5, 0.6) is 5.75 Å². The Hall–Kier alpha value is -2.08. The summed E-state index contributed by atoms with van der Waals surface area (Å²) >= 11 is 5.55. The fraction of sp³-hybridized carbons (Fsp3) is 0.308. The summed E-state index contributed by atoms with van der Waals surface area (Å²) in [5.74, 6) is 0.632. The van der Waals surface area contributed by atoms with Gasteiger partial charge >= 0.3 is 5.97 Å². The molecule has 0 atom stereocenters. The van der Waals surface area contributed by atoms with E-state index in [1.165, 1.54) is 0 Å². The second-order valence-corrected chi connectivity index (χ2v) is 4.18. The summed E-state index contributed by atoms with van der Waals surface area (Å²) < 4.78 is 10.3. The lowest BCUT2D eigenvalue weighted by atomic mass is 10.1. The van der Waals surface area contributed by atoms with E-state index in [1.807, 2.05) is 0 Å². The van der Waals surface area contributed by atoms with Crippen molar-refractivity contribution in [2.45, 2.75) is 6.92 Å². The maximum atomic E-state index is 11.7. The molecule has 0 spiro atoms. The van der Waals surface area contributed by atoms with Crippen molar-refractivity contribution in [2.75, 3.05) is 19.1 Å². The van der Waals surface area contributed by atoms with Gasteiger partial charge in [-0.25, -0.2) is 4.79 Å². The van der Waals surface area contributed by atoms with E-state index < -0.39 is 5.97 Å². The Morgan fingerprint density at radius 2 is 2.05 bits per heavy atom. The van der Waals surface area contributed by atoms with Gasteiger partial charge in [-0.05, 0) is 31.2 Å². The number of nitrogens with zero attached hydrogens (tertiary/aromatic N) is 2. The Morgan fingerprint density at radius 1 is 1.30 bits per heavy atom. The monoisotopic (exact) mass is 295 g/mol. The van der Waals surface area contributed by atoms with Crippen molar-refractivity contribution in [3.63, 3.8) is 0 Å². The number of ether oxygens (including phenoxy) is 2. The van der Waals surface area contributed by atoms with E-state index in [0.29, 0.717) is 23.9 Å². The first-order valence-corrected chi connectivity index (χ1v) is 6.66. The van der Waals surface area contributed by atoms with Crippen LogP contribution in [-0.2, 0) is 4.74 Å². The van der Waals surface area contributed by atoms with Crippen LogP contribution in [0.1, 0.15) is 17.4 Å². The van der Waals surface area contributed by atoms with E-state index in [9.17, 15) is 4.79 Å². The van der Waals surface area contributed by atoms with E-state index >= 15 is 0 Å². The predicted molar refractivity (Wildman–Crippen MR) is 74.0 cm³/mol. The molecule has 6 nitrogen and oxygen atoms in total. The molecule has 0 aliphatic rings. The third-order valence-electron chi connectivity index (χ3n) is 2.49. The summed E-state index contributed by atoms with van der Waals surface area (Å²) in [6.07, 6.45) is 0. The molecule has 0 aliphatic carbocycles. The Balaban J connectivity index is 2.19. The maximum Gasteiger partial charge on any atom is 0.361 e. The van der Waals surface area contributed by atoms with Crippen molar-refractivity contribution in [3.8, 4) is 17.0 Å². The molecule has 1 heterocycles. The minimum absolute atomic E-state index is 0.168. The molecule has 20 heavy (non-hydrogen) atoms. The predicted octanol–water partition coefficient (Wildman–Crippen LogP) is 2.27. The van der Waals surface area contributed by atoms with Gasteiger partial charge in [0.1, 0.15) is 18.1 Å². The molecule has 0 aliphatic heterocycles. The Morgan fingerprint density at radius 3 is 2.70 bits per heavy atom. The number of H-pyrrole nitrogens is 1. The number of nitrogens with one attached hydrogen (secondary N) is 1. The van der Waals surface area contributed by atoms with Gasteiger partial charge in [-0.2, -0.15) is 10.3 Å². The summed E-state index contributed by atoms with van der Waals surface area (Å²) in [6.45, 7) is 2.47. The number of carbonyl (C=O) groups excluding carboxylic acids is 1. The van der Waals surface area contributed by atoms with Gasteiger partial charge in [0.25, 0.3) is 0 Å². The zero-order valence-electron chi connectivity index (χ0n) is 10.9. The number of aromatic nitrogens is 3. The van der Waals surface area contributed by atoms with E-state index in [2.05, 4.69) is 15.4 Å². The first-order chi connectivity index (χ1) is 9.76. The number of carbonyl (C=O) groups is 1. The first kappa shape index (κ1) is 14.3. The fourth-order valence-corrected chi connectivity index (χ4v) is 1.72. The molecule has 2 rings (SSSR count). The Labute approximate surface area is 121 Å². The number of hydrogen-bond donors (Lipinski definition) is 1. The number of hydrogen-bond acceptors (Lipinski definition) is 5. The number of halogens is 1. The molecule has 7 heteroatoms. The van der Waals surface area contributed by atoms with Gasteiger partial charge in [-0.3, -0.25) is 0 Å². The Bertz CT molecular complexity index is 568. The molecule has 1 aromatic carbocycles. The molecular formula is C13H14ClN3O3. The van der Waals surface area contributed by atoms with Crippen molar-refractivity contribution < 1.29 is 14.3 Å². The van der Waals surface area contributed by atoms with Crippen molar-refractivity contribution in [1.82, 2.24) is 15.4 Å². The lowest BCUT2D eigenvalue weighted by Crippen LogP contribution is -2.06. The van der Waals surface area contributed by atoms with Gasteiger partial charge in [0.05, 0.1) is 12.5 Å². The highest BCUT2D eigenvalue weighted by Gasteiger charge is 2.18. The molecular weight excluding hydrogens is 282 g/mol. The second-order valence-electron chi connectivity index (χ2n) is 3.80. The molecule has 1 aromatic heterocycles. The molecule has 1 N–H and O–H groups in total. The number of alkyl halides is 1. The van der Waals surface area contributed by atoms with E-state index in [4.69, 9.17) is 21.1 Å². The van der Waals surface area contributed by atoms with Crippen molar-refractivity contribution in [3.05, 3.63) is 30.0 Å². The van der Waals surface area contributed by atoms with E-state index in [0.717, 1.165) is 5.56 Å². The molecule has 0 radical (unpaired) electrons. The van der Waals surface area contributed by atoms with Crippen molar-refractivity contribution in [1.29, 1.82) is 0 Å². The third kappa shape index (κ3) is 3.27. The number of benzene rings is 1. The third-order valence-corrected chi connectivity index (χ3v) is 2.64. The summed E-state index contributed by atoms with van der Waals surface area (Å²) in [7, 11) is 0. The number of rotatable bonds is 6. The standard InChI is InChI=1S/C13H14ClN3O3/c1-2-19-13(18)12-11(15-17-16-12)9-3-5-10(6-4-9)20-8-7-14/h3-6H,2,7-8H2,1H3,(H,15,16,17). The molecule has 0 unspecified atom stereocenters. The topological polar surface area (TPSA) is 77.1 Å². The van der Waals surface area contributed by atoms with Gasteiger partial charge in [0.15, 0.2) is 5.69 Å². The zero-order chi connectivity index (χ0) is 14.4. The van der Waals surface area contributed by atoms with Crippen LogP contribution in [-0.4, -0.2) is 40.5 Å². The van der Waals surface area contributed by atoms with Gasteiger partial charge in [-0.1, -0.05) is 0 Å². The van der Waals surface area contributed by atoms with Crippen LogP contribution < -0.4 is 4.74 Å². The summed E-state index contributed by atoms with van der Waals surface area (Å²) in [5, 5.41) is 10.2. The zero-order valence-corrected chi connectivity index (χ0v) is 11.7. The Kier molecular flexibility index (Phi) is 4.95. The summed E-state index contributed by atoms with van der Waals surface area (Å²) in [5.41, 5.74) is 1.37.